The van der Waals surface area contributed by atoms with Crippen molar-refractivity contribution in [2.45, 2.75) is 84.0 Å². The summed E-state index contributed by atoms with van der Waals surface area (Å²) in [6, 6.07) is 4.84. The lowest BCUT2D eigenvalue weighted by molar-refractivity contribution is -0.122. The zero-order valence-electron chi connectivity index (χ0n) is 18.4. The summed E-state index contributed by atoms with van der Waals surface area (Å²) in [5.41, 5.74) is 5.30. The van der Waals surface area contributed by atoms with Gasteiger partial charge in [-0.05, 0) is 24.6 Å². The summed E-state index contributed by atoms with van der Waals surface area (Å²) >= 11 is 0. The van der Waals surface area contributed by atoms with Gasteiger partial charge in [0, 0.05) is 12.0 Å². The maximum Gasteiger partial charge on any atom is 0.269 e. The minimum absolute atomic E-state index is 0.172. The molecule has 0 aliphatic rings. The molecule has 29 heavy (non-hydrogen) atoms. The predicted molar refractivity (Wildman–Crippen MR) is 116 cm³/mol. The predicted octanol–water partition coefficient (Wildman–Crippen LogP) is 5.17. The third kappa shape index (κ3) is 10.8. The van der Waals surface area contributed by atoms with Crippen molar-refractivity contribution in [2.75, 3.05) is 14.2 Å². The molecule has 0 aromatic heterocycles. The fourth-order valence-electron chi connectivity index (χ4n) is 3.19. The molecule has 2 amide bonds. The molecule has 0 bridgehead atoms. The minimum Gasteiger partial charge on any atom is -0.493 e. The van der Waals surface area contributed by atoms with Crippen molar-refractivity contribution < 1.29 is 19.1 Å². The van der Waals surface area contributed by atoms with Gasteiger partial charge in [0.15, 0.2) is 11.5 Å². The first-order valence-electron chi connectivity index (χ1n) is 10.9. The first-order chi connectivity index (χ1) is 14.1. The lowest BCUT2D eigenvalue weighted by Crippen LogP contribution is -2.41. The number of rotatable bonds is 15. The summed E-state index contributed by atoms with van der Waals surface area (Å²) in [7, 11) is 3.04. The highest BCUT2D eigenvalue weighted by molar-refractivity contribution is 5.96. The average Bonchev–Trinajstić information content (AvgIpc) is 2.75. The molecule has 0 heterocycles. The Labute approximate surface area is 175 Å². The molecule has 0 saturated heterocycles. The van der Waals surface area contributed by atoms with Gasteiger partial charge in [0.1, 0.15) is 0 Å². The summed E-state index contributed by atoms with van der Waals surface area (Å²) < 4.78 is 10.3. The molecular weight excluding hydrogens is 368 g/mol. The molecule has 0 aliphatic heterocycles. The first kappa shape index (κ1) is 24.8. The van der Waals surface area contributed by atoms with E-state index in [9.17, 15) is 9.59 Å². The topological polar surface area (TPSA) is 76.7 Å². The highest BCUT2D eigenvalue weighted by Crippen LogP contribution is 2.27. The van der Waals surface area contributed by atoms with E-state index in [0.29, 0.717) is 23.5 Å². The highest BCUT2D eigenvalue weighted by atomic mass is 16.5. The molecule has 0 atom stereocenters. The van der Waals surface area contributed by atoms with Gasteiger partial charge in [-0.15, -0.1) is 0 Å². The lowest BCUT2D eigenvalue weighted by atomic mass is 10.1. The minimum atomic E-state index is -0.391. The number of amides is 2. The van der Waals surface area contributed by atoms with E-state index >= 15 is 0 Å². The quantitative estimate of drug-likeness (QED) is 0.311. The molecule has 1 aromatic rings. The van der Waals surface area contributed by atoms with Crippen LogP contribution in [0.2, 0.25) is 0 Å². The SMILES string of the molecule is CCCCCCCCCCCCCC(=O)NNC(=O)c1ccc(OC)c(OC)c1. The number of benzene rings is 1. The third-order valence-electron chi connectivity index (χ3n) is 4.97. The van der Waals surface area contributed by atoms with Crippen LogP contribution in [-0.4, -0.2) is 26.0 Å². The number of nitrogens with one attached hydrogen (secondary N) is 2. The van der Waals surface area contributed by atoms with Crippen molar-refractivity contribution in [2.24, 2.45) is 0 Å². The maximum absolute atomic E-state index is 12.2. The number of hydrazine groups is 1. The van der Waals surface area contributed by atoms with Gasteiger partial charge in [-0.2, -0.15) is 0 Å². The van der Waals surface area contributed by atoms with Gasteiger partial charge < -0.3 is 9.47 Å². The van der Waals surface area contributed by atoms with Crippen LogP contribution >= 0.6 is 0 Å². The molecule has 0 unspecified atom stereocenters. The Balaban J connectivity index is 2.10. The molecule has 6 nitrogen and oxygen atoms in total. The number of unbranched alkanes of at least 4 members (excludes halogenated alkanes) is 10. The van der Waals surface area contributed by atoms with Gasteiger partial charge in [-0.1, -0.05) is 71.1 Å². The van der Waals surface area contributed by atoms with Crippen LogP contribution in [0.15, 0.2) is 18.2 Å². The van der Waals surface area contributed by atoms with E-state index < -0.39 is 5.91 Å². The molecule has 0 aliphatic carbocycles. The second-order valence-corrected chi connectivity index (χ2v) is 7.36. The Morgan fingerprint density at radius 3 is 1.86 bits per heavy atom. The van der Waals surface area contributed by atoms with E-state index in [2.05, 4.69) is 17.8 Å². The van der Waals surface area contributed by atoms with Crippen LogP contribution in [0.4, 0.5) is 0 Å². The maximum atomic E-state index is 12.2. The van der Waals surface area contributed by atoms with Crippen LogP contribution < -0.4 is 20.3 Å². The smallest absolute Gasteiger partial charge is 0.269 e. The van der Waals surface area contributed by atoms with Crippen molar-refractivity contribution in [3.63, 3.8) is 0 Å². The standard InChI is InChI=1S/C23H38N2O4/c1-4-5-6-7-8-9-10-11-12-13-14-15-22(26)24-25-23(27)19-16-17-20(28-2)21(18-19)29-3/h16-18H,4-15H2,1-3H3,(H,24,26)(H,25,27). The van der Waals surface area contributed by atoms with E-state index in [1.807, 2.05) is 0 Å². The van der Waals surface area contributed by atoms with Crippen molar-refractivity contribution in [1.29, 1.82) is 0 Å². The second-order valence-electron chi connectivity index (χ2n) is 7.36. The number of carbonyl (C=O) groups excluding carboxylic acids is 2. The van der Waals surface area contributed by atoms with Crippen molar-refractivity contribution in [3.8, 4) is 11.5 Å². The highest BCUT2D eigenvalue weighted by Gasteiger charge is 2.11. The van der Waals surface area contributed by atoms with Crippen molar-refractivity contribution in [3.05, 3.63) is 23.8 Å². The summed E-state index contributed by atoms with van der Waals surface area (Å²) in [6.07, 6.45) is 14.1. The molecule has 1 rings (SSSR count). The molecule has 164 valence electrons. The number of hydrogen-bond acceptors (Lipinski definition) is 4. The molecule has 6 heteroatoms. The Morgan fingerprint density at radius 1 is 0.759 bits per heavy atom. The molecule has 0 saturated carbocycles. The van der Waals surface area contributed by atoms with Gasteiger partial charge in [0.25, 0.3) is 5.91 Å². The Bertz CT molecular complexity index is 605. The monoisotopic (exact) mass is 406 g/mol. The van der Waals surface area contributed by atoms with Crippen LogP contribution in [0.3, 0.4) is 0 Å². The van der Waals surface area contributed by atoms with Gasteiger partial charge in [0.2, 0.25) is 5.91 Å². The number of ether oxygens (including phenoxy) is 2. The number of methoxy groups -OCH3 is 2. The molecule has 1 aromatic carbocycles. The van der Waals surface area contributed by atoms with Gasteiger partial charge >= 0.3 is 0 Å². The second kappa shape index (κ2) is 15.7. The summed E-state index contributed by atoms with van der Waals surface area (Å²) in [5, 5.41) is 0. The van der Waals surface area contributed by atoms with Gasteiger partial charge in [0.05, 0.1) is 14.2 Å². The van der Waals surface area contributed by atoms with Gasteiger partial charge in [-0.25, -0.2) is 0 Å². The molecular formula is C23H38N2O4. The van der Waals surface area contributed by atoms with E-state index in [1.54, 1.807) is 18.2 Å². The lowest BCUT2D eigenvalue weighted by Gasteiger charge is -2.10. The largest absolute Gasteiger partial charge is 0.493 e. The van der Waals surface area contributed by atoms with Crippen LogP contribution in [0, 0.1) is 0 Å². The van der Waals surface area contributed by atoms with E-state index in [-0.39, 0.29) is 5.91 Å². The Morgan fingerprint density at radius 2 is 1.31 bits per heavy atom. The van der Waals surface area contributed by atoms with E-state index in [0.717, 1.165) is 12.8 Å². The van der Waals surface area contributed by atoms with E-state index in [1.165, 1.54) is 72.0 Å². The Hall–Kier alpha value is -2.24. The zero-order chi connectivity index (χ0) is 21.3. The Kier molecular flexibility index (Phi) is 13.4. The fraction of sp³-hybridized carbons (Fsp3) is 0.652. The van der Waals surface area contributed by atoms with E-state index in [4.69, 9.17) is 9.47 Å². The summed E-state index contributed by atoms with van der Waals surface area (Å²) in [5.74, 6) is 0.449. The summed E-state index contributed by atoms with van der Waals surface area (Å²) in [6.45, 7) is 2.24. The van der Waals surface area contributed by atoms with Crippen LogP contribution in [0.1, 0.15) is 94.3 Å². The first-order valence-corrected chi connectivity index (χ1v) is 10.9. The molecule has 2 N–H and O–H groups in total. The molecule has 0 spiro atoms. The summed E-state index contributed by atoms with van der Waals surface area (Å²) in [4.78, 5) is 24.0. The number of carbonyl (C=O) groups is 2. The van der Waals surface area contributed by atoms with Gasteiger partial charge in [-0.3, -0.25) is 20.4 Å². The normalized spacial score (nSPS) is 10.4. The number of hydrogen-bond donors (Lipinski definition) is 2. The van der Waals surface area contributed by atoms with Crippen molar-refractivity contribution in [1.82, 2.24) is 10.9 Å². The van der Waals surface area contributed by atoms with Crippen LogP contribution in [-0.2, 0) is 4.79 Å². The average molecular weight is 407 g/mol. The van der Waals surface area contributed by atoms with Crippen LogP contribution in [0.25, 0.3) is 0 Å². The third-order valence-corrected chi connectivity index (χ3v) is 4.97. The molecule has 0 fully saturated rings. The van der Waals surface area contributed by atoms with Crippen molar-refractivity contribution >= 4 is 11.8 Å². The van der Waals surface area contributed by atoms with Crippen LogP contribution in [0.5, 0.6) is 11.5 Å². The zero-order valence-corrected chi connectivity index (χ0v) is 18.4. The molecule has 0 radical (unpaired) electrons. The fourth-order valence-corrected chi connectivity index (χ4v) is 3.19.